The van der Waals surface area contributed by atoms with Crippen LogP contribution in [0.5, 0.6) is 11.5 Å². The molecular weight excluding hydrogens is 587 g/mol. The minimum Gasteiger partial charge on any atom is -0.478 e. The van der Waals surface area contributed by atoms with Crippen LogP contribution in [-0.4, -0.2) is 63.4 Å². The number of anilines is 1. The largest absolute Gasteiger partial charge is 0.478 e. The van der Waals surface area contributed by atoms with Gasteiger partial charge in [0.1, 0.15) is 11.6 Å². The Kier molecular flexibility index (Phi) is 6.51. The maximum atomic E-state index is 14.9. The monoisotopic (exact) mass is 618 g/mol. The molecule has 228 valence electrons. The third-order valence-corrected chi connectivity index (χ3v) is 9.82. The van der Waals surface area contributed by atoms with Crippen molar-refractivity contribution in [3.63, 3.8) is 0 Å². The van der Waals surface area contributed by atoms with Gasteiger partial charge in [0.2, 0.25) is 0 Å². The Labute approximate surface area is 258 Å². The lowest BCUT2D eigenvalue weighted by Gasteiger charge is -2.54. The molecule has 3 aliphatic heterocycles. The second-order valence-electron chi connectivity index (χ2n) is 12.2. The SMILES string of the molecule is C[C@]1(c2ccc(Cl)cc2F)Oc2cccc(N3CCN(Cc4nc5ccc(C(=O)O)cc5n4C[C@@H]4CCO4)[C@@H]4CC[C@H]43)c2O1. The van der Waals surface area contributed by atoms with Crippen molar-refractivity contribution in [3.8, 4) is 11.5 Å². The van der Waals surface area contributed by atoms with Crippen LogP contribution in [0.2, 0.25) is 5.02 Å². The Morgan fingerprint density at radius 1 is 1.09 bits per heavy atom. The first kappa shape index (κ1) is 27.7. The molecule has 1 saturated carbocycles. The number of fused-ring (bicyclic) bond motifs is 3. The number of nitrogens with zero attached hydrogens (tertiary/aromatic N) is 4. The van der Waals surface area contributed by atoms with Gasteiger partial charge in [-0.3, -0.25) is 4.90 Å². The Morgan fingerprint density at radius 3 is 2.66 bits per heavy atom. The van der Waals surface area contributed by atoms with Crippen molar-refractivity contribution in [3.05, 3.63) is 82.4 Å². The Balaban J connectivity index is 1.05. The maximum Gasteiger partial charge on any atom is 0.335 e. The van der Waals surface area contributed by atoms with Gasteiger partial charge in [-0.15, -0.1) is 0 Å². The number of piperazine rings is 1. The molecule has 1 N–H and O–H groups in total. The van der Waals surface area contributed by atoms with Crippen molar-refractivity contribution < 1.29 is 28.5 Å². The van der Waals surface area contributed by atoms with Crippen molar-refractivity contribution in [2.24, 2.45) is 0 Å². The number of benzene rings is 3. The van der Waals surface area contributed by atoms with Crippen LogP contribution in [0.1, 0.15) is 47.9 Å². The lowest BCUT2D eigenvalue weighted by atomic mass is 9.81. The van der Waals surface area contributed by atoms with E-state index in [1.54, 1.807) is 37.3 Å². The van der Waals surface area contributed by atoms with E-state index in [2.05, 4.69) is 20.4 Å². The molecule has 2 saturated heterocycles. The van der Waals surface area contributed by atoms with Gasteiger partial charge in [0.25, 0.3) is 5.79 Å². The molecule has 0 bridgehead atoms. The number of aromatic carboxylic acids is 1. The third kappa shape index (κ3) is 4.50. The Morgan fingerprint density at radius 2 is 1.93 bits per heavy atom. The number of ether oxygens (including phenoxy) is 3. The highest BCUT2D eigenvalue weighted by Crippen LogP contribution is 2.51. The summed E-state index contributed by atoms with van der Waals surface area (Å²) in [7, 11) is 0. The highest BCUT2D eigenvalue weighted by molar-refractivity contribution is 6.30. The van der Waals surface area contributed by atoms with Crippen molar-refractivity contribution >= 4 is 34.3 Å². The molecule has 0 radical (unpaired) electrons. The van der Waals surface area contributed by atoms with Gasteiger partial charge >= 0.3 is 5.97 Å². The molecule has 11 heteroatoms. The molecule has 0 unspecified atom stereocenters. The van der Waals surface area contributed by atoms with Crippen LogP contribution >= 0.6 is 11.6 Å². The van der Waals surface area contributed by atoms with Crippen molar-refractivity contribution in [2.45, 2.75) is 63.3 Å². The zero-order chi connectivity index (χ0) is 30.2. The van der Waals surface area contributed by atoms with Crippen LogP contribution in [0, 0.1) is 5.82 Å². The van der Waals surface area contributed by atoms with Crippen LogP contribution in [0.15, 0.2) is 54.6 Å². The van der Waals surface area contributed by atoms with E-state index in [4.69, 9.17) is 30.8 Å². The van der Waals surface area contributed by atoms with Crippen molar-refractivity contribution in [1.29, 1.82) is 0 Å². The maximum absolute atomic E-state index is 14.9. The average Bonchev–Trinajstić information content (AvgIpc) is 3.47. The first-order valence-electron chi connectivity index (χ1n) is 15.1. The van der Waals surface area contributed by atoms with E-state index >= 15 is 0 Å². The second-order valence-corrected chi connectivity index (χ2v) is 12.6. The zero-order valence-electron chi connectivity index (χ0n) is 24.2. The number of aromatic nitrogens is 2. The van der Waals surface area contributed by atoms with E-state index in [1.165, 1.54) is 6.07 Å². The predicted octanol–water partition coefficient (Wildman–Crippen LogP) is 5.81. The van der Waals surface area contributed by atoms with Gasteiger partial charge in [0, 0.05) is 43.7 Å². The fourth-order valence-corrected chi connectivity index (χ4v) is 7.23. The summed E-state index contributed by atoms with van der Waals surface area (Å²) < 4.78 is 35.5. The summed E-state index contributed by atoms with van der Waals surface area (Å²) in [5.41, 5.74) is 3.12. The highest BCUT2D eigenvalue weighted by atomic mass is 35.5. The Hall–Kier alpha value is -3.86. The number of carbonyl (C=O) groups is 1. The number of carboxylic acid groups (broad SMARTS) is 1. The fraction of sp³-hybridized carbons (Fsp3) is 0.394. The van der Waals surface area contributed by atoms with Gasteiger partial charge in [0.15, 0.2) is 11.5 Å². The number of halogens is 2. The number of imidazole rings is 1. The first-order valence-corrected chi connectivity index (χ1v) is 15.5. The zero-order valence-corrected chi connectivity index (χ0v) is 25.0. The first-order chi connectivity index (χ1) is 21.3. The average molecular weight is 619 g/mol. The van der Waals surface area contributed by atoms with Crippen LogP contribution in [-0.2, 0) is 23.6 Å². The summed E-state index contributed by atoms with van der Waals surface area (Å²) in [6.07, 6.45) is 3.21. The van der Waals surface area contributed by atoms with Crippen LogP contribution in [0.25, 0.3) is 11.0 Å². The molecular formula is C33H32ClFN4O5. The molecule has 3 fully saturated rings. The summed E-state index contributed by atoms with van der Waals surface area (Å²) in [6, 6.07) is 16.1. The molecule has 4 aromatic rings. The number of para-hydroxylation sites is 1. The lowest BCUT2D eigenvalue weighted by molar-refractivity contribution is -0.0706. The normalized spacial score (nSPS) is 25.9. The molecule has 0 spiro atoms. The van der Waals surface area contributed by atoms with E-state index < -0.39 is 17.6 Å². The molecule has 8 rings (SSSR count). The summed E-state index contributed by atoms with van der Waals surface area (Å²) in [5, 5.41) is 9.91. The molecule has 44 heavy (non-hydrogen) atoms. The molecule has 1 aromatic heterocycles. The van der Waals surface area contributed by atoms with Crippen LogP contribution in [0.3, 0.4) is 0 Å². The van der Waals surface area contributed by atoms with E-state index in [0.29, 0.717) is 41.2 Å². The number of hydrogen-bond acceptors (Lipinski definition) is 7. The molecule has 1 aliphatic carbocycles. The third-order valence-electron chi connectivity index (χ3n) is 9.59. The Bertz CT molecular complexity index is 1790. The molecule has 0 amide bonds. The van der Waals surface area contributed by atoms with Gasteiger partial charge in [-0.1, -0.05) is 17.7 Å². The second kappa shape index (κ2) is 10.4. The van der Waals surface area contributed by atoms with Crippen molar-refractivity contribution in [1.82, 2.24) is 14.5 Å². The highest BCUT2D eigenvalue weighted by Gasteiger charge is 2.47. The molecule has 3 aromatic carbocycles. The van der Waals surface area contributed by atoms with E-state index in [-0.39, 0.29) is 17.7 Å². The van der Waals surface area contributed by atoms with Gasteiger partial charge in [-0.25, -0.2) is 14.2 Å². The number of rotatable bonds is 7. The molecule has 4 heterocycles. The number of carboxylic acids is 1. The predicted molar refractivity (Wildman–Crippen MR) is 162 cm³/mol. The summed E-state index contributed by atoms with van der Waals surface area (Å²) in [4.78, 5) is 21.6. The van der Waals surface area contributed by atoms with Gasteiger partial charge in [0.05, 0.1) is 47.0 Å². The van der Waals surface area contributed by atoms with E-state index in [1.807, 2.05) is 12.1 Å². The molecule has 9 nitrogen and oxygen atoms in total. The van der Waals surface area contributed by atoms with E-state index in [9.17, 15) is 14.3 Å². The minimum atomic E-state index is -1.31. The minimum absolute atomic E-state index is 0.113. The van der Waals surface area contributed by atoms with Crippen LogP contribution in [0.4, 0.5) is 10.1 Å². The molecule has 4 atom stereocenters. The summed E-state index contributed by atoms with van der Waals surface area (Å²) in [6.45, 7) is 5.40. The van der Waals surface area contributed by atoms with Crippen molar-refractivity contribution in [2.75, 3.05) is 24.6 Å². The van der Waals surface area contributed by atoms with Crippen LogP contribution < -0.4 is 14.4 Å². The summed E-state index contributed by atoms with van der Waals surface area (Å²) >= 11 is 6.00. The number of hydrogen-bond donors (Lipinski definition) is 1. The topological polar surface area (TPSA) is 89.3 Å². The molecule has 4 aliphatic rings. The fourth-order valence-electron chi connectivity index (χ4n) is 7.07. The van der Waals surface area contributed by atoms with E-state index in [0.717, 1.165) is 61.5 Å². The smallest absolute Gasteiger partial charge is 0.335 e. The standard InChI is InChI=1S/C33H32ClFN4O5/c1-33(22-7-6-20(34)16-23(22)35)43-29-4-2-3-27(31(29)44-33)38-13-12-37(25-9-10-26(25)38)18-30-36-24-8-5-19(32(40)41)15-28(24)39(30)17-21-11-14-42-21/h2-8,15-16,21,25-26H,9-14,17-18H2,1H3,(H,40,41)/t21-,25+,26+,33-/m0/s1. The van der Waals surface area contributed by atoms with Gasteiger partial charge in [-0.05, 0) is 67.8 Å². The summed E-state index contributed by atoms with van der Waals surface area (Å²) in [5.74, 6) is -0.593. The quantitative estimate of drug-likeness (QED) is 0.278. The van der Waals surface area contributed by atoms with Gasteiger partial charge in [-0.2, -0.15) is 0 Å². The van der Waals surface area contributed by atoms with Gasteiger partial charge < -0.3 is 28.8 Å². The lowest BCUT2D eigenvalue weighted by Crippen LogP contribution is -2.64.